The van der Waals surface area contributed by atoms with Crippen LogP contribution in [0, 0.1) is 13.8 Å². The molecule has 0 saturated heterocycles. The van der Waals surface area contributed by atoms with Crippen LogP contribution >= 0.6 is 11.8 Å². The third-order valence-corrected chi connectivity index (χ3v) is 4.05. The van der Waals surface area contributed by atoms with Gasteiger partial charge in [0, 0.05) is 10.5 Å². The monoisotopic (exact) mass is 350 g/mol. The Balaban J connectivity index is 2.07. The van der Waals surface area contributed by atoms with Gasteiger partial charge in [-0.15, -0.1) is 0 Å². The Hall–Kier alpha value is -2.41. The molecule has 24 heavy (non-hydrogen) atoms. The number of alkyl halides is 2. The Kier molecular flexibility index (Phi) is 5.92. The number of aryl methyl sites for hydroxylation is 2. The quantitative estimate of drug-likeness (QED) is 0.653. The number of rotatable bonds is 4. The summed E-state index contributed by atoms with van der Waals surface area (Å²) in [6, 6.07) is 11.3. The molecule has 0 heterocycles. The van der Waals surface area contributed by atoms with Gasteiger partial charge in [-0.2, -0.15) is 8.78 Å². The van der Waals surface area contributed by atoms with Crippen molar-refractivity contribution >= 4 is 23.6 Å². The molecule has 0 aliphatic rings. The van der Waals surface area contributed by atoms with Gasteiger partial charge in [0.2, 0.25) is 0 Å². The summed E-state index contributed by atoms with van der Waals surface area (Å²) in [5.41, 5.74) is 6.85. The number of carbonyl (C=O) groups is 2. The van der Waals surface area contributed by atoms with Gasteiger partial charge < -0.3 is 0 Å². The van der Waals surface area contributed by atoms with Crippen LogP contribution in [0.2, 0.25) is 0 Å². The minimum atomic E-state index is -2.64. The van der Waals surface area contributed by atoms with Crippen LogP contribution < -0.4 is 10.9 Å². The molecular formula is C17H16F2N2O2S. The highest BCUT2D eigenvalue weighted by molar-refractivity contribution is 7.99. The van der Waals surface area contributed by atoms with Gasteiger partial charge in [-0.3, -0.25) is 20.4 Å². The van der Waals surface area contributed by atoms with Crippen molar-refractivity contribution in [2.45, 2.75) is 24.5 Å². The van der Waals surface area contributed by atoms with Crippen LogP contribution in [-0.4, -0.2) is 17.6 Å². The number of halogens is 2. The highest BCUT2D eigenvalue weighted by atomic mass is 32.2. The molecule has 0 bridgehead atoms. The summed E-state index contributed by atoms with van der Waals surface area (Å²) < 4.78 is 25.1. The van der Waals surface area contributed by atoms with E-state index in [0.717, 1.165) is 11.1 Å². The molecule has 0 spiro atoms. The smallest absolute Gasteiger partial charge is 0.267 e. The molecule has 0 aromatic heterocycles. The molecule has 2 rings (SSSR count). The predicted molar refractivity (Wildman–Crippen MR) is 89.2 cm³/mol. The van der Waals surface area contributed by atoms with E-state index >= 15 is 0 Å². The van der Waals surface area contributed by atoms with E-state index in [-0.39, 0.29) is 22.2 Å². The molecule has 4 nitrogen and oxygen atoms in total. The third-order valence-electron chi connectivity index (χ3n) is 3.26. The van der Waals surface area contributed by atoms with Crippen LogP contribution in [0.15, 0.2) is 47.4 Å². The fourth-order valence-electron chi connectivity index (χ4n) is 2.17. The number of hydrogen-bond acceptors (Lipinski definition) is 3. The molecule has 7 heteroatoms. The van der Waals surface area contributed by atoms with E-state index in [1.54, 1.807) is 31.2 Å². The third kappa shape index (κ3) is 4.55. The van der Waals surface area contributed by atoms with Crippen molar-refractivity contribution in [3.8, 4) is 0 Å². The molecule has 0 radical (unpaired) electrons. The first kappa shape index (κ1) is 17.9. The van der Waals surface area contributed by atoms with Crippen molar-refractivity contribution in [3.05, 3.63) is 64.7 Å². The molecule has 0 aliphatic carbocycles. The lowest BCUT2D eigenvalue weighted by Crippen LogP contribution is -2.42. The minimum Gasteiger partial charge on any atom is -0.267 e. The summed E-state index contributed by atoms with van der Waals surface area (Å²) in [6.07, 6.45) is 0. The average Bonchev–Trinajstić information content (AvgIpc) is 2.52. The fraction of sp³-hybridized carbons (Fsp3) is 0.176. The van der Waals surface area contributed by atoms with Crippen molar-refractivity contribution in [1.82, 2.24) is 10.9 Å². The number of hydrogen-bond donors (Lipinski definition) is 2. The number of thioether (sulfide) groups is 1. The van der Waals surface area contributed by atoms with E-state index in [2.05, 4.69) is 10.9 Å². The topological polar surface area (TPSA) is 58.2 Å². The number of hydrazine groups is 1. The summed E-state index contributed by atoms with van der Waals surface area (Å²) in [4.78, 5) is 24.4. The maximum atomic E-state index is 12.5. The molecule has 0 fully saturated rings. The van der Waals surface area contributed by atoms with Gasteiger partial charge in [-0.25, -0.2) is 0 Å². The van der Waals surface area contributed by atoms with E-state index < -0.39 is 17.6 Å². The number of carbonyl (C=O) groups excluding carboxylic acids is 2. The summed E-state index contributed by atoms with van der Waals surface area (Å²) in [7, 11) is 0. The summed E-state index contributed by atoms with van der Waals surface area (Å²) in [6.45, 7) is 3.70. The predicted octanol–water partition coefficient (Wildman–Crippen LogP) is 3.69. The second kappa shape index (κ2) is 7.92. The standard InChI is InChI=1S/C17H16F2N2O2S/c1-10-7-8-12(11(2)9-10)15(22)20-21-16(23)13-5-3-4-6-14(13)24-17(18)19/h3-9,17H,1-2H3,(H,20,22)(H,21,23). The van der Waals surface area contributed by atoms with Crippen LogP contribution in [-0.2, 0) is 0 Å². The Morgan fingerprint density at radius 3 is 2.21 bits per heavy atom. The summed E-state index contributed by atoms with van der Waals surface area (Å²) in [5, 5.41) is 0. The number of nitrogens with one attached hydrogen (secondary N) is 2. The molecule has 126 valence electrons. The van der Waals surface area contributed by atoms with Gasteiger partial charge in [-0.1, -0.05) is 41.6 Å². The van der Waals surface area contributed by atoms with Crippen LogP contribution in [0.1, 0.15) is 31.8 Å². The van der Waals surface area contributed by atoms with Crippen LogP contribution in [0.5, 0.6) is 0 Å². The van der Waals surface area contributed by atoms with Gasteiger partial charge in [0.1, 0.15) is 0 Å². The molecule has 2 aromatic rings. The molecule has 0 aliphatic heterocycles. The first-order chi connectivity index (χ1) is 11.4. The van der Waals surface area contributed by atoms with Crippen molar-refractivity contribution in [2.75, 3.05) is 0 Å². The van der Waals surface area contributed by atoms with Crippen molar-refractivity contribution in [2.24, 2.45) is 0 Å². The van der Waals surface area contributed by atoms with Crippen LogP contribution in [0.4, 0.5) is 8.78 Å². The number of benzene rings is 2. The Morgan fingerprint density at radius 2 is 1.58 bits per heavy atom. The second-order valence-electron chi connectivity index (χ2n) is 5.10. The Labute approximate surface area is 142 Å². The molecular weight excluding hydrogens is 334 g/mol. The maximum absolute atomic E-state index is 12.5. The first-order valence-corrected chi connectivity index (χ1v) is 7.98. The molecule has 0 saturated carbocycles. The van der Waals surface area contributed by atoms with Gasteiger partial charge in [0.15, 0.2) is 0 Å². The normalized spacial score (nSPS) is 10.5. The molecule has 0 atom stereocenters. The van der Waals surface area contributed by atoms with E-state index in [0.29, 0.717) is 5.56 Å². The lowest BCUT2D eigenvalue weighted by molar-refractivity contribution is 0.0844. The van der Waals surface area contributed by atoms with Crippen molar-refractivity contribution in [3.63, 3.8) is 0 Å². The van der Waals surface area contributed by atoms with E-state index in [9.17, 15) is 18.4 Å². The zero-order valence-electron chi connectivity index (χ0n) is 13.1. The highest BCUT2D eigenvalue weighted by Gasteiger charge is 2.16. The average molecular weight is 350 g/mol. The van der Waals surface area contributed by atoms with Crippen LogP contribution in [0.25, 0.3) is 0 Å². The second-order valence-corrected chi connectivity index (χ2v) is 6.13. The SMILES string of the molecule is Cc1ccc(C(=O)NNC(=O)c2ccccc2SC(F)F)c(C)c1. The largest absolute Gasteiger partial charge is 0.288 e. The maximum Gasteiger partial charge on any atom is 0.288 e. The molecule has 2 aromatic carbocycles. The van der Waals surface area contributed by atoms with Gasteiger partial charge in [0.25, 0.3) is 17.6 Å². The van der Waals surface area contributed by atoms with Crippen LogP contribution in [0.3, 0.4) is 0 Å². The molecule has 0 unspecified atom stereocenters. The lowest BCUT2D eigenvalue weighted by Gasteiger charge is -2.11. The molecule has 2 N–H and O–H groups in total. The number of amides is 2. The Bertz CT molecular complexity index is 766. The van der Waals surface area contributed by atoms with E-state index in [1.807, 2.05) is 13.0 Å². The van der Waals surface area contributed by atoms with Crippen molar-refractivity contribution in [1.29, 1.82) is 0 Å². The van der Waals surface area contributed by atoms with Gasteiger partial charge in [-0.05, 0) is 37.6 Å². The first-order valence-electron chi connectivity index (χ1n) is 7.10. The lowest BCUT2D eigenvalue weighted by atomic mass is 10.1. The zero-order chi connectivity index (χ0) is 17.7. The van der Waals surface area contributed by atoms with E-state index in [1.165, 1.54) is 12.1 Å². The van der Waals surface area contributed by atoms with Gasteiger partial charge in [0.05, 0.1) is 5.56 Å². The fourth-order valence-corrected chi connectivity index (χ4v) is 2.81. The summed E-state index contributed by atoms with van der Waals surface area (Å²) in [5.74, 6) is -3.76. The van der Waals surface area contributed by atoms with E-state index in [4.69, 9.17) is 0 Å². The zero-order valence-corrected chi connectivity index (χ0v) is 13.9. The Morgan fingerprint density at radius 1 is 0.958 bits per heavy atom. The molecule has 2 amide bonds. The summed E-state index contributed by atoms with van der Waals surface area (Å²) >= 11 is 0.281. The highest BCUT2D eigenvalue weighted by Crippen LogP contribution is 2.28. The van der Waals surface area contributed by atoms with Crippen molar-refractivity contribution < 1.29 is 18.4 Å². The van der Waals surface area contributed by atoms with Gasteiger partial charge >= 0.3 is 0 Å². The minimum absolute atomic E-state index is 0.0729.